The predicted molar refractivity (Wildman–Crippen MR) is 92.3 cm³/mol. The Bertz CT molecular complexity index is 760. The maximum atomic E-state index is 12.8. The van der Waals surface area contributed by atoms with Gasteiger partial charge in [0.2, 0.25) is 0 Å². The molecule has 1 aliphatic heterocycles. The van der Waals surface area contributed by atoms with E-state index in [0.29, 0.717) is 31.9 Å². The van der Waals surface area contributed by atoms with Gasteiger partial charge < -0.3 is 9.64 Å². The van der Waals surface area contributed by atoms with E-state index < -0.39 is 5.54 Å². The lowest BCUT2D eigenvalue weighted by Crippen LogP contribution is -2.47. The number of aromatic nitrogens is 6. The summed E-state index contributed by atoms with van der Waals surface area (Å²) in [5.41, 5.74) is 0.678. The molecule has 1 amide bonds. The van der Waals surface area contributed by atoms with Gasteiger partial charge in [0.1, 0.15) is 11.2 Å². The normalized spacial score (nSPS) is 20.1. The van der Waals surface area contributed by atoms with Crippen molar-refractivity contribution >= 4 is 5.91 Å². The van der Waals surface area contributed by atoms with E-state index in [1.54, 1.807) is 22.9 Å². The Hall–Kier alpha value is -2.46. The van der Waals surface area contributed by atoms with Crippen LogP contribution in [0.3, 0.4) is 0 Å². The third-order valence-electron chi connectivity index (χ3n) is 4.85. The quantitative estimate of drug-likeness (QED) is 0.693. The van der Waals surface area contributed by atoms with Crippen molar-refractivity contribution in [3.05, 3.63) is 29.6 Å². The van der Waals surface area contributed by atoms with Crippen molar-refractivity contribution in [2.75, 3.05) is 40.9 Å². The molecule has 1 atom stereocenters. The summed E-state index contributed by atoms with van der Waals surface area (Å²) >= 11 is 0. The molecule has 2 aromatic rings. The van der Waals surface area contributed by atoms with Crippen LogP contribution in [0.1, 0.15) is 28.4 Å². The first-order chi connectivity index (χ1) is 12.5. The average Bonchev–Trinajstić information content (AvgIpc) is 3.27. The molecular weight excluding hydrogens is 336 g/mol. The maximum Gasteiger partial charge on any atom is 0.274 e. The highest BCUT2D eigenvalue weighted by Crippen LogP contribution is 2.35. The van der Waals surface area contributed by atoms with E-state index in [-0.39, 0.29) is 5.91 Å². The maximum absolute atomic E-state index is 12.8. The molecule has 0 N–H and O–H groups in total. The number of hydrogen-bond donors (Lipinski definition) is 0. The second-order valence-electron chi connectivity index (χ2n) is 6.66. The van der Waals surface area contributed by atoms with Crippen molar-refractivity contribution in [2.45, 2.75) is 25.4 Å². The number of amides is 1. The Morgan fingerprint density at radius 3 is 2.81 bits per heavy atom. The number of aryl methyl sites for hydroxylation is 1. The van der Waals surface area contributed by atoms with Crippen molar-refractivity contribution in [3.8, 4) is 0 Å². The van der Waals surface area contributed by atoms with Crippen LogP contribution >= 0.6 is 0 Å². The van der Waals surface area contributed by atoms with E-state index in [4.69, 9.17) is 4.74 Å². The SMILES string of the molecule is COCCn1nnnc1C1(N(C)C)CCN(C(=O)c2cnc(C)cn2)C1. The first-order valence-electron chi connectivity index (χ1n) is 8.49. The highest BCUT2D eigenvalue weighted by Gasteiger charge is 2.47. The van der Waals surface area contributed by atoms with Crippen LogP contribution in [0.5, 0.6) is 0 Å². The molecule has 10 nitrogen and oxygen atoms in total. The largest absolute Gasteiger partial charge is 0.383 e. The molecule has 1 unspecified atom stereocenters. The van der Waals surface area contributed by atoms with E-state index in [0.717, 1.165) is 17.9 Å². The number of rotatable bonds is 6. The number of likely N-dealkylation sites (N-methyl/N-ethyl adjacent to an activating group) is 1. The molecule has 0 radical (unpaired) electrons. The molecule has 3 rings (SSSR count). The number of carbonyl (C=O) groups excluding carboxylic acids is 1. The fraction of sp³-hybridized carbons (Fsp3) is 0.625. The van der Waals surface area contributed by atoms with Gasteiger partial charge in [0.05, 0.1) is 25.0 Å². The number of hydrogen-bond acceptors (Lipinski definition) is 8. The summed E-state index contributed by atoms with van der Waals surface area (Å²) in [4.78, 5) is 25.1. The van der Waals surface area contributed by atoms with Crippen LogP contribution in [0.2, 0.25) is 0 Å². The van der Waals surface area contributed by atoms with Crippen molar-refractivity contribution in [2.24, 2.45) is 0 Å². The number of ether oxygens (including phenoxy) is 1. The van der Waals surface area contributed by atoms with Crippen LogP contribution in [-0.2, 0) is 16.8 Å². The molecule has 140 valence electrons. The molecule has 2 aromatic heterocycles. The minimum Gasteiger partial charge on any atom is -0.383 e. The Balaban J connectivity index is 1.85. The van der Waals surface area contributed by atoms with Gasteiger partial charge in [0, 0.05) is 26.4 Å². The van der Waals surface area contributed by atoms with E-state index in [1.807, 2.05) is 21.0 Å². The van der Waals surface area contributed by atoms with E-state index in [2.05, 4.69) is 30.4 Å². The van der Waals surface area contributed by atoms with Crippen LogP contribution in [0.25, 0.3) is 0 Å². The zero-order chi connectivity index (χ0) is 18.7. The Kier molecular flexibility index (Phi) is 5.23. The molecule has 3 heterocycles. The van der Waals surface area contributed by atoms with Crippen molar-refractivity contribution in [1.29, 1.82) is 0 Å². The predicted octanol–water partition coefficient (Wildman–Crippen LogP) is -0.279. The van der Waals surface area contributed by atoms with Crippen LogP contribution in [-0.4, -0.2) is 86.8 Å². The summed E-state index contributed by atoms with van der Waals surface area (Å²) in [5, 5.41) is 12.2. The summed E-state index contributed by atoms with van der Waals surface area (Å²) in [5.74, 6) is 0.613. The van der Waals surface area contributed by atoms with Gasteiger partial charge in [0.25, 0.3) is 5.91 Å². The van der Waals surface area contributed by atoms with Gasteiger partial charge in [-0.1, -0.05) is 0 Å². The van der Waals surface area contributed by atoms with Gasteiger partial charge in [-0.15, -0.1) is 5.10 Å². The van der Waals surface area contributed by atoms with E-state index in [9.17, 15) is 4.79 Å². The van der Waals surface area contributed by atoms with Gasteiger partial charge in [0.15, 0.2) is 5.82 Å². The lowest BCUT2D eigenvalue weighted by molar-refractivity contribution is 0.0730. The summed E-state index contributed by atoms with van der Waals surface area (Å²) < 4.78 is 6.90. The zero-order valence-corrected chi connectivity index (χ0v) is 15.6. The second kappa shape index (κ2) is 7.42. The molecule has 0 aromatic carbocycles. The summed E-state index contributed by atoms with van der Waals surface area (Å²) in [6.45, 7) is 4.01. The number of nitrogens with zero attached hydrogens (tertiary/aromatic N) is 8. The Morgan fingerprint density at radius 2 is 2.15 bits per heavy atom. The average molecular weight is 360 g/mol. The third-order valence-corrected chi connectivity index (χ3v) is 4.85. The van der Waals surface area contributed by atoms with Gasteiger partial charge in [-0.05, 0) is 37.9 Å². The summed E-state index contributed by atoms with van der Waals surface area (Å²) in [7, 11) is 5.61. The number of likely N-dealkylation sites (tertiary alicyclic amines) is 1. The number of tetrazole rings is 1. The number of carbonyl (C=O) groups is 1. The lowest BCUT2D eigenvalue weighted by Gasteiger charge is -2.34. The fourth-order valence-electron chi connectivity index (χ4n) is 3.25. The molecule has 0 aliphatic carbocycles. The smallest absolute Gasteiger partial charge is 0.274 e. The molecular formula is C16H24N8O2. The molecule has 0 spiro atoms. The van der Waals surface area contributed by atoms with Crippen molar-refractivity contribution < 1.29 is 9.53 Å². The first-order valence-corrected chi connectivity index (χ1v) is 8.49. The minimum absolute atomic E-state index is 0.128. The van der Waals surface area contributed by atoms with Gasteiger partial charge >= 0.3 is 0 Å². The van der Waals surface area contributed by atoms with E-state index >= 15 is 0 Å². The van der Waals surface area contributed by atoms with Gasteiger partial charge in [-0.3, -0.25) is 14.7 Å². The molecule has 10 heteroatoms. The van der Waals surface area contributed by atoms with E-state index in [1.165, 1.54) is 6.20 Å². The highest BCUT2D eigenvalue weighted by molar-refractivity contribution is 5.92. The van der Waals surface area contributed by atoms with Crippen LogP contribution in [0.15, 0.2) is 12.4 Å². The summed E-state index contributed by atoms with van der Waals surface area (Å²) in [6.07, 6.45) is 3.86. The van der Waals surface area contributed by atoms with Gasteiger partial charge in [-0.2, -0.15) is 0 Å². The molecule has 1 fully saturated rings. The minimum atomic E-state index is -0.453. The molecule has 0 bridgehead atoms. The second-order valence-corrected chi connectivity index (χ2v) is 6.66. The fourth-order valence-corrected chi connectivity index (χ4v) is 3.25. The zero-order valence-electron chi connectivity index (χ0n) is 15.6. The highest BCUT2D eigenvalue weighted by atomic mass is 16.5. The Morgan fingerprint density at radius 1 is 1.35 bits per heavy atom. The van der Waals surface area contributed by atoms with Crippen LogP contribution in [0, 0.1) is 6.92 Å². The Labute approximate surface area is 152 Å². The topological polar surface area (TPSA) is 102 Å². The third kappa shape index (κ3) is 3.29. The monoisotopic (exact) mass is 360 g/mol. The molecule has 1 aliphatic rings. The first kappa shape index (κ1) is 18.3. The number of methoxy groups -OCH3 is 1. The lowest BCUT2D eigenvalue weighted by atomic mass is 9.96. The standard InChI is InChI=1S/C16H24N8O2/c1-12-9-18-13(10-17-12)14(25)23-6-5-16(11-23,22(2)3)15-19-20-21-24(15)7-8-26-4/h9-10H,5-8,11H2,1-4H3. The van der Waals surface area contributed by atoms with Crippen LogP contribution < -0.4 is 0 Å². The van der Waals surface area contributed by atoms with Gasteiger partial charge in [-0.25, -0.2) is 9.67 Å². The van der Waals surface area contributed by atoms with Crippen molar-refractivity contribution in [1.82, 2.24) is 40.0 Å². The molecule has 1 saturated heterocycles. The molecule has 0 saturated carbocycles. The van der Waals surface area contributed by atoms with Crippen molar-refractivity contribution in [3.63, 3.8) is 0 Å². The van der Waals surface area contributed by atoms with Crippen LogP contribution in [0.4, 0.5) is 0 Å². The molecule has 26 heavy (non-hydrogen) atoms. The summed E-state index contributed by atoms with van der Waals surface area (Å²) in [6, 6.07) is 0.